The van der Waals surface area contributed by atoms with Crippen molar-refractivity contribution in [3.05, 3.63) is 11.3 Å². The van der Waals surface area contributed by atoms with Crippen molar-refractivity contribution in [1.29, 1.82) is 0 Å². The van der Waals surface area contributed by atoms with E-state index in [1.165, 1.54) is 5.57 Å². The lowest BCUT2D eigenvalue weighted by atomic mass is 10.1. The van der Waals surface area contributed by atoms with Crippen molar-refractivity contribution in [2.45, 2.75) is 52.9 Å². The summed E-state index contributed by atoms with van der Waals surface area (Å²) in [5.74, 6) is 0.636. The first-order valence-electron chi connectivity index (χ1n) is 4.66. The quantitative estimate of drug-likeness (QED) is 0.600. The topological polar surface area (TPSA) is 20.2 Å². The molecular formula is C10H20O. The first kappa shape index (κ1) is 10.5. The summed E-state index contributed by atoms with van der Waals surface area (Å²) in [6.07, 6.45) is 5.12. The lowest BCUT2D eigenvalue weighted by Crippen LogP contribution is -1.89. The average molecular weight is 156 g/mol. The van der Waals surface area contributed by atoms with Gasteiger partial charge in [-0.25, -0.2) is 0 Å². The monoisotopic (exact) mass is 156 g/mol. The number of aliphatic hydroxyl groups is 1. The molecule has 0 amide bonds. The molecule has 11 heavy (non-hydrogen) atoms. The zero-order valence-electron chi connectivity index (χ0n) is 7.98. The van der Waals surface area contributed by atoms with E-state index < -0.39 is 0 Å². The van der Waals surface area contributed by atoms with E-state index in [4.69, 9.17) is 0 Å². The summed E-state index contributed by atoms with van der Waals surface area (Å²) >= 11 is 0. The number of allylic oxidation sites excluding steroid dienone is 2. The Balaban J connectivity index is 3.89. The van der Waals surface area contributed by atoms with Gasteiger partial charge < -0.3 is 5.11 Å². The summed E-state index contributed by atoms with van der Waals surface area (Å²) in [7, 11) is 0. The Morgan fingerprint density at radius 3 is 2.00 bits per heavy atom. The fourth-order valence-electron chi connectivity index (χ4n) is 1.18. The van der Waals surface area contributed by atoms with Crippen molar-refractivity contribution < 1.29 is 5.11 Å². The second-order valence-corrected chi connectivity index (χ2v) is 2.86. The van der Waals surface area contributed by atoms with Crippen LogP contribution in [0.15, 0.2) is 11.3 Å². The van der Waals surface area contributed by atoms with Gasteiger partial charge in [0.25, 0.3) is 0 Å². The van der Waals surface area contributed by atoms with E-state index in [0.717, 1.165) is 32.1 Å². The molecule has 66 valence electrons. The normalized spacial score (nSPS) is 9.73. The van der Waals surface area contributed by atoms with Crippen molar-refractivity contribution in [2.24, 2.45) is 0 Å². The predicted octanol–water partition coefficient (Wildman–Crippen LogP) is 3.81. The van der Waals surface area contributed by atoms with Gasteiger partial charge in [-0.15, -0.1) is 0 Å². The second kappa shape index (κ2) is 6.26. The van der Waals surface area contributed by atoms with Gasteiger partial charge in [0.2, 0.25) is 0 Å². The molecule has 0 radical (unpaired) electrons. The molecule has 0 aliphatic heterocycles. The summed E-state index contributed by atoms with van der Waals surface area (Å²) < 4.78 is 0. The maximum atomic E-state index is 9.52. The second-order valence-electron chi connectivity index (χ2n) is 2.86. The fourth-order valence-corrected chi connectivity index (χ4v) is 1.18. The summed E-state index contributed by atoms with van der Waals surface area (Å²) in [6.45, 7) is 6.34. The van der Waals surface area contributed by atoms with Crippen LogP contribution in [0, 0.1) is 0 Å². The molecule has 0 saturated heterocycles. The molecule has 0 aliphatic carbocycles. The lowest BCUT2D eigenvalue weighted by molar-refractivity contribution is 0.371. The van der Waals surface area contributed by atoms with Gasteiger partial charge in [0, 0.05) is 6.42 Å². The van der Waals surface area contributed by atoms with Crippen LogP contribution in [-0.2, 0) is 0 Å². The molecule has 1 heteroatoms. The minimum absolute atomic E-state index is 0.636. The van der Waals surface area contributed by atoms with E-state index in [2.05, 4.69) is 20.8 Å². The zero-order valence-corrected chi connectivity index (χ0v) is 7.98. The van der Waals surface area contributed by atoms with E-state index in [1.54, 1.807) is 0 Å². The third-order valence-corrected chi connectivity index (χ3v) is 2.03. The molecule has 0 unspecified atom stereocenters. The van der Waals surface area contributed by atoms with Crippen LogP contribution >= 0.6 is 0 Å². The molecule has 0 saturated carbocycles. The zero-order chi connectivity index (χ0) is 8.69. The number of hydrogen-bond donors (Lipinski definition) is 1. The standard InChI is InChI=1S/C10H20O/c1-4-7-8-10(11)9(5-2)6-3/h11H,4-8H2,1-3H3. The molecule has 0 heterocycles. The summed E-state index contributed by atoms with van der Waals surface area (Å²) in [6, 6.07) is 0. The van der Waals surface area contributed by atoms with Crippen LogP contribution in [0.1, 0.15) is 52.9 Å². The Labute approximate surface area is 70.1 Å². The van der Waals surface area contributed by atoms with Crippen LogP contribution < -0.4 is 0 Å². The Kier molecular flexibility index (Phi) is 6.00. The number of unbranched alkanes of at least 4 members (excludes halogenated alkanes) is 1. The van der Waals surface area contributed by atoms with Crippen molar-refractivity contribution >= 4 is 0 Å². The van der Waals surface area contributed by atoms with Crippen molar-refractivity contribution in [1.82, 2.24) is 0 Å². The third-order valence-electron chi connectivity index (χ3n) is 2.03. The van der Waals surface area contributed by atoms with Gasteiger partial charge in [-0.1, -0.05) is 27.2 Å². The van der Waals surface area contributed by atoms with Crippen LogP contribution in [-0.4, -0.2) is 5.11 Å². The van der Waals surface area contributed by atoms with Crippen molar-refractivity contribution in [3.63, 3.8) is 0 Å². The smallest absolute Gasteiger partial charge is 0.0914 e. The summed E-state index contributed by atoms with van der Waals surface area (Å²) in [5, 5.41) is 9.52. The molecule has 0 fully saturated rings. The predicted molar refractivity (Wildman–Crippen MR) is 49.8 cm³/mol. The van der Waals surface area contributed by atoms with E-state index in [-0.39, 0.29) is 0 Å². The highest BCUT2D eigenvalue weighted by atomic mass is 16.3. The molecule has 0 aliphatic rings. The number of aliphatic hydroxyl groups excluding tert-OH is 1. The van der Waals surface area contributed by atoms with Gasteiger partial charge in [-0.3, -0.25) is 0 Å². The van der Waals surface area contributed by atoms with E-state index in [1.807, 2.05) is 0 Å². The van der Waals surface area contributed by atoms with Gasteiger partial charge in [-0.05, 0) is 24.8 Å². The van der Waals surface area contributed by atoms with E-state index in [9.17, 15) is 5.11 Å². The van der Waals surface area contributed by atoms with Crippen LogP contribution in [0.2, 0.25) is 0 Å². The van der Waals surface area contributed by atoms with Crippen LogP contribution in [0.3, 0.4) is 0 Å². The highest BCUT2D eigenvalue weighted by Crippen LogP contribution is 2.15. The molecule has 0 aromatic heterocycles. The Morgan fingerprint density at radius 2 is 1.64 bits per heavy atom. The maximum Gasteiger partial charge on any atom is 0.0914 e. The Bertz CT molecular complexity index is 119. The largest absolute Gasteiger partial charge is 0.512 e. The number of rotatable bonds is 5. The molecular weight excluding hydrogens is 136 g/mol. The van der Waals surface area contributed by atoms with Crippen molar-refractivity contribution in [3.8, 4) is 0 Å². The third kappa shape index (κ3) is 4.07. The fraction of sp³-hybridized carbons (Fsp3) is 0.800. The molecule has 0 spiro atoms. The Hall–Kier alpha value is -0.460. The van der Waals surface area contributed by atoms with E-state index in [0.29, 0.717) is 5.76 Å². The van der Waals surface area contributed by atoms with Crippen molar-refractivity contribution in [2.75, 3.05) is 0 Å². The van der Waals surface area contributed by atoms with Gasteiger partial charge in [0.15, 0.2) is 0 Å². The van der Waals surface area contributed by atoms with Gasteiger partial charge >= 0.3 is 0 Å². The molecule has 0 bridgehead atoms. The molecule has 0 aromatic rings. The highest BCUT2D eigenvalue weighted by molar-refractivity contribution is 5.06. The minimum Gasteiger partial charge on any atom is -0.512 e. The van der Waals surface area contributed by atoms with Gasteiger partial charge in [0.05, 0.1) is 5.76 Å². The first-order chi connectivity index (χ1) is 5.26. The van der Waals surface area contributed by atoms with Crippen LogP contribution in [0.4, 0.5) is 0 Å². The van der Waals surface area contributed by atoms with Crippen LogP contribution in [0.5, 0.6) is 0 Å². The SMILES string of the molecule is CCCCC(O)=C(CC)CC. The number of hydrogen-bond acceptors (Lipinski definition) is 1. The maximum absolute atomic E-state index is 9.52. The minimum atomic E-state index is 0.636. The summed E-state index contributed by atoms with van der Waals surface area (Å²) in [4.78, 5) is 0. The Morgan fingerprint density at radius 1 is 1.09 bits per heavy atom. The molecule has 0 rings (SSSR count). The summed E-state index contributed by atoms with van der Waals surface area (Å²) in [5.41, 5.74) is 1.22. The molecule has 0 atom stereocenters. The lowest BCUT2D eigenvalue weighted by Gasteiger charge is -2.05. The van der Waals surface area contributed by atoms with Gasteiger partial charge in [0.1, 0.15) is 0 Å². The van der Waals surface area contributed by atoms with Gasteiger partial charge in [-0.2, -0.15) is 0 Å². The van der Waals surface area contributed by atoms with Crippen LogP contribution in [0.25, 0.3) is 0 Å². The highest BCUT2D eigenvalue weighted by Gasteiger charge is 1.99. The molecule has 1 nitrogen and oxygen atoms in total. The average Bonchev–Trinajstić information content (AvgIpc) is 2.03. The van der Waals surface area contributed by atoms with E-state index >= 15 is 0 Å². The first-order valence-corrected chi connectivity index (χ1v) is 4.66. The molecule has 1 N–H and O–H groups in total. The molecule has 0 aromatic carbocycles.